The van der Waals surface area contributed by atoms with E-state index in [1.807, 2.05) is 48.5 Å². The number of hydrogen-bond acceptors (Lipinski definition) is 3. The van der Waals surface area contributed by atoms with Gasteiger partial charge in [-0.25, -0.2) is 0 Å². The molecule has 1 aliphatic rings. The number of nitrogens with one attached hydrogen (secondary N) is 1. The van der Waals surface area contributed by atoms with Crippen LogP contribution in [0.2, 0.25) is 0 Å². The molecule has 0 aliphatic carbocycles. The average molecular weight is 281 g/mol. The quantitative estimate of drug-likeness (QED) is 0.877. The van der Waals surface area contributed by atoms with Crippen molar-refractivity contribution in [3.63, 3.8) is 0 Å². The Kier molecular flexibility index (Phi) is 3.87. The summed E-state index contributed by atoms with van der Waals surface area (Å²) in [6.07, 6.45) is 3.27. The Balaban J connectivity index is 1.57. The van der Waals surface area contributed by atoms with E-state index in [9.17, 15) is 4.79 Å². The zero-order valence-corrected chi connectivity index (χ0v) is 11.4. The SMILES string of the molecule is O=C(C=Cc1ccc2c(c1)OCO2)NCc1ccccc1. The molecule has 2 aromatic carbocycles. The van der Waals surface area contributed by atoms with Crippen LogP contribution in [-0.2, 0) is 11.3 Å². The number of fused-ring (bicyclic) bond motifs is 1. The lowest BCUT2D eigenvalue weighted by molar-refractivity contribution is -0.116. The van der Waals surface area contributed by atoms with Crippen LogP contribution >= 0.6 is 0 Å². The summed E-state index contributed by atoms with van der Waals surface area (Å²) in [5, 5.41) is 2.84. The topological polar surface area (TPSA) is 47.6 Å². The molecule has 0 atom stereocenters. The maximum atomic E-state index is 11.8. The number of benzene rings is 2. The first-order valence-electron chi connectivity index (χ1n) is 6.71. The van der Waals surface area contributed by atoms with Crippen LogP contribution in [-0.4, -0.2) is 12.7 Å². The molecule has 1 aliphatic heterocycles. The fourth-order valence-electron chi connectivity index (χ4n) is 2.03. The maximum Gasteiger partial charge on any atom is 0.244 e. The summed E-state index contributed by atoms with van der Waals surface area (Å²) >= 11 is 0. The number of carbonyl (C=O) groups excluding carboxylic acids is 1. The summed E-state index contributed by atoms with van der Waals surface area (Å²) in [4.78, 5) is 11.8. The normalized spacial score (nSPS) is 12.6. The van der Waals surface area contributed by atoms with E-state index in [4.69, 9.17) is 9.47 Å². The van der Waals surface area contributed by atoms with Gasteiger partial charge in [0, 0.05) is 12.6 Å². The summed E-state index contributed by atoms with van der Waals surface area (Å²) in [7, 11) is 0. The molecule has 0 bridgehead atoms. The molecule has 0 aromatic heterocycles. The van der Waals surface area contributed by atoms with Gasteiger partial charge in [-0.3, -0.25) is 4.79 Å². The number of hydrogen-bond donors (Lipinski definition) is 1. The lowest BCUT2D eigenvalue weighted by atomic mass is 10.2. The fraction of sp³-hybridized carbons (Fsp3) is 0.118. The van der Waals surface area contributed by atoms with E-state index in [1.165, 1.54) is 6.08 Å². The van der Waals surface area contributed by atoms with Crippen molar-refractivity contribution in [1.29, 1.82) is 0 Å². The summed E-state index contributed by atoms with van der Waals surface area (Å²) in [6.45, 7) is 0.769. The summed E-state index contributed by atoms with van der Waals surface area (Å²) in [6, 6.07) is 15.4. The molecular formula is C17H15NO3. The average Bonchev–Trinajstić information content (AvgIpc) is 2.99. The third kappa shape index (κ3) is 3.42. The first-order chi connectivity index (χ1) is 10.3. The van der Waals surface area contributed by atoms with Gasteiger partial charge in [0.25, 0.3) is 0 Å². The molecule has 2 aromatic rings. The molecule has 1 amide bonds. The third-order valence-corrected chi connectivity index (χ3v) is 3.13. The third-order valence-electron chi connectivity index (χ3n) is 3.13. The molecule has 0 unspecified atom stereocenters. The van der Waals surface area contributed by atoms with Crippen molar-refractivity contribution in [2.75, 3.05) is 6.79 Å². The Labute approximate surface area is 123 Å². The first kappa shape index (κ1) is 13.2. The van der Waals surface area contributed by atoms with Crippen LogP contribution in [0.25, 0.3) is 6.08 Å². The molecule has 0 radical (unpaired) electrons. The molecular weight excluding hydrogens is 266 g/mol. The molecule has 0 fully saturated rings. The van der Waals surface area contributed by atoms with E-state index in [0.29, 0.717) is 12.3 Å². The number of amides is 1. The van der Waals surface area contributed by atoms with Crippen LogP contribution in [0.3, 0.4) is 0 Å². The first-order valence-corrected chi connectivity index (χ1v) is 6.71. The number of rotatable bonds is 4. The van der Waals surface area contributed by atoms with Gasteiger partial charge in [-0.05, 0) is 29.3 Å². The van der Waals surface area contributed by atoms with Crippen LogP contribution in [0.15, 0.2) is 54.6 Å². The smallest absolute Gasteiger partial charge is 0.244 e. The standard InChI is InChI=1S/C17H15NO3/c19-17(18-11-14-4-2-1-3-5-14)9-7-13-6-8-15-16(10-13)21-12-20-15/h1-10H,11-12H2,(H,18,19). The highest BCUT2D eigenvalue weighted by Gasteiger charge is 2.12. The monoisotopic (exact) mass is 281 g/mol. The Morgan fingerprint density at radius 1 is 1.10 bits per heavy atom. The van der Waals surface area contributed by atoms with Crippen LogP contribution in [0.1, 0.15) is 11.1 Å². The minimum absolute atomic E-state index is 0.128. The van der Waals surface area contributed by atoms with E-state index in [1.54, 1.807) is 6.08 Å². The molecule has 4 nitrogen and oxygen atoms in total. The van der Waals surface area contributed by atoms with Crippen LogP contribution in [0, 0.1) is 0 Å². The van der Waals surface area contributed by atoms with Gasteiger partial charge in [-0.1, -0.05) is 36.4 Å². The molecule has 0 saturated carbocycles. The highest BCUT2D eigenvalue weighted by molar-refractivity contribution is 5.91. The van der Waals surface area contributed by atoms with Gasteiger partial charge in [-0.2, -0.15) is 0 Å². The van der Waals surface area contributed by atoms with E-state index in [2.05, 4.69) is 5.32 Å². The second kappa shape index (κ2) is 6.13. The van der Waals surface area contributed by atoms with E-state index < -0.39 is 0 Å². The highest BCUT2D eigenvalue weighted by Crippen LogP contribution is 2.32. The Hall–Kier alpha value is -2.75. The van der Waals surface area contributed by atoms with Crippen molar-refractivity contribution >= 4 is 12.0 Å². The second-order valence-electron chi connectivity index (χ2n) is 4.65. The molecule has 106 valence electrons. The molecule has 3 rings (SSSR count). The van der Waals surface area contributed by atoms with Gasteiger partial charge < -0.3 is 14.8 Å². The largest absolute Gasteiger partial charge is 0.454 e. The number of ether oxygens (including phenoxy) is 2. The fourth-order valence-corrected chi connectivity index (χ4v) is 2.03. The van der Waals surface area contributed by atoms with Crippen molar-refractivity contribution in [3.05, 3.63) is 65.7 Å². The molecule has 0 saturated heterocycles. The lowest BCUT2D eigenvalue weighted by Gasteiger charge is -2.02. The predicted molar refractivity (Wildman–Crippen MR) is 79.9 cm³/mol. The van der Waals surface area contributed by atoms with Gasteiger partial charge in [0.2, 0.25) is 12.7 Å². The minimum atomic E-state index is -0.128. The van der Waals surface area contributed by atoms with Crippen molar-refractivity contribution in [1.82, 2.24) is 5.32 Å². The zero-order chi connectivity index (χ0) is 14.5. The highest BCUT2D eigenvalue weighted by atomic mass is 16.7. The Bertz CT molecular complexity index is 665. The molecule has 4 heteroatoms. The molecule has 0 spiro atoms. The van der Waals surface area contributed by atoms with Gasteiger partial charge in [0.1, 0.15) is 0 Å². The van der Waals surface area contributed by atoms with Crippen LogP contribution in [0.4, 0.5) is 0 Å². The van der Waals surface area contributed by atoms with Gasteiger partial charge in [0.15, 0.2) is 11.5 Å². The van der Waals surface area contributed by atoms with Crippen molar-refractivity contribution < 1.29 is 14.3 Å². The van der Waals surface area contributed by atoms with Crippen molar-refractivity contribution in [2.24, 2.45) is 0 Å². The lowest BCUT2D eigenvalue weighted by Crippen LogP contribution is -2.20. The molecule has 21 heavy (non-hydrogen) atoms. The maximum absolute atomic E-state index is 11.8. The summed E-state index contributed by atoms with van der Waals surface area (Å²) in [5.74, 6) is 1.32. The number of carbonyl (C=O) groups is 1. The Morgan fingerprint density at radius 2 is 1.90 bits per heavy atom. The predicted octanol–water partition coefficient (Wildman–Crippen LogP) is 2.74. The Morgan fingerprint density at radius 3 is 2.76 bits per heavy atom. The van der Waals surface area contributed by atoms with E-state index in [-0.39, 0.29) is 12.7 Å². The summed E-state index contributed by atoms with van der Waals surface area (Å²) in [5.41, 5.74) is 1.97. The summed E-state index contributed by atoms with van der Waals surface area (Å²) < 4.78 is 10.5. The van der Waals surface area contributed by atoms with Gasteiger partial charge in [-0.15, -0.1) is 0 Å². The molecule has 1 heterocycles. The van der Waals surface area contributed by atoms with Crippen LogP contribution < -0.4 is 14.8 Å². The molecule has 1 N–H and O–H groups in total. The van der Waals surface area contributed by atoms with Crippen molar-refractivity contribution in [3.8, 4) is 11.5 Å². The van der Waals surface area contributed by atoms with Crippen LogP contribution in [0.5, 0.6) is 11.5 Å². The zero-order valence-electron chi connectivity index (χ0n) is 11.4. The van der Waals surface area contributed by atoms with Gasteiger partial charge >= 0.3 is 0 Å². The van der Waals surface area contributed by atoms with Crippen molar-refractivity contribution in [2.45, 2.75) is 6.54 Å². The second-order valence-corrected chi connectivity index (χ2v) is 4.65. The van der Waals surface area contributed by atoms with E-state index >= 15 is 0 Å². The minimum Gasteiger partial charge on any atom is -0.454 e. The van der Waals surface area contributed by atoms with E-state index in [0.717, 1.165) is 16.9 Å². The van der Waals surface area contributed by atoms with Gasteiger partial charge in [0.05, 0.1) is 0 Å².